The van der Waals surface area contributed by atoms with Crippen molar-refractivity contribution in [1.29, 1.82) is 0 Å². The third kappa shape index (κ3) is 3.45. The molecule has 5 nitrogen and oxygen atoms in total. The van der Waals surface area contributed by atoms with Crippen LogP contribution in [0.4, 0.5) is 0 Å². The van der Waals surface area contributed by atoms with E-state index in [1.165, 1.54) is 7.11 Å². The summed E-state index contributed by atoms with van der Waals surface area (Å²) in [6.45, 7) is 7.92. The van der Waals surface area contributed by atoms with Crippen molar-refractivity contribution in [3.63, 3.8) is 0 Å². The summed E-state index contributed by atoms with van der Waals surface area (Å²) >= 11 is 2.09. The molecule has 0 aliphatic carbocycles. The molecule has 1 atom stereocenters. The van der Waals surface area contributed by atoms with Gasteiger partial charge in [0.05, 0.1) is 30.5 Å². The molecular formula is C14H20BIO5. The van der Waals surface area contributed by atoms with E-state index >= 15 is 0 Å². The number of rotatable bonds is 4. The van der Waals surface area contributed by atoms with Gasteiger partial charge in [0.2, 0.25) is 0 Å². The monoisotopic (exact) mass is 406 g/mol. The van der Waals surface area contributed by atoms with Crippen LogP contribution in [0.3, 0.4) is 0 Å². The van der Waals surface area contributed by atoms with Crippen molar-refractivity contribution in [1.82, 2.24) is 0 Å². The molecule has 0 spiro atoms. The molecule has 1 fully saturated rings. The van der Waals surface area contributed by atoms with Crippen molar-refractivity contribution < 1.29 is 23.3 Å². The molecule has 0 radical (unpaired) electrons. The molecule has 2 heterocycles. The lowest BCUT2D eigenvalue weighted by molar-refractivity contribution is -0.140. The summed E-state index contributed by atoms with van der Waals surface area (Å²) in [6.07, 6.45) is 0.150. The lowest BCUT2D eigenvalue weighted by Crippen LogP contribution is -2.41. The van der Waals surface area contributed by atoms with Crippen molar-refractivity contribution in [2.75, 3.05) is 7.11 Å². The quantitative estimate of drug-likeness (QED) is 0.437. The molecule has 116 valence electrons. The van der Waals surface area contributed by atoms with Gasteiger partial charge in [-0.05, 0) is 62.4 Å². The Morgan fingerprint density at radius 1 is 1.29 bits per heavy atom. The summed E-state index contributed by atoms with van der Waals surface area (Å²) in [7, 11) is 0.825. The van der Waals surface area contributed by atoms with Gasteiger partial charge in [-0.15, -0.1) is 0 Å². The third-order valence-corrected chi connectivity index (χ3v) is 4.75. The molecule has 2 rings (SSSR count). The summed E-state index contributed by atoms with van der Waals surface area (Å²) in [5, 5.41) is 0. The highest BCUT2D eigenvalue weighted by Crippen LogP contribution is 2.42. The van der Waals surface area contributed by atoms with E-state index in [9.17, 15) is 4.79 Å². The fourth-order valence-corrected chi connectivity index (χ4v) is 2.61. The normalized spacial score (nSPS) is 21.3. The minimum absolute atomic E-state index is 0.150. The molecule has 0 N–H and O–H groups in total. The molecule has 7 heteroatoms. The molecule has 1 unspecified atom stereocenters. The second kappa shape index (κ2) is 5.93. The summed E-state index contributed by atoms with van der Waals surface area (Å²) in [5.74, 6) is 0.0198. The average Bonchev–Trinajstić information content (AvgIpc) is 2.88. The lowest BCUT2D eigenvalue weighted by atomic mass is 9.68. The van der Waals surface area contributed by atoms with Crippen LogP contribution in [0.25, 0.3) is 0 Å². The zero-order valence-corrected chi connectivity index (χ0v) is 15.1. The van der Waals surface area contributed by atoms with Crippen LogP contribution in [-0.4, -0.2) is 31.4 Å². The van der Waals surface area contributed by atoms with Crippen LogP contribution in [0.2, 0.25) is 0 Å². The molecule has 0 bridgehead atoms. The van der Waals surface area contributed by atoms with E-state index in [0.717, 1.165) is 3.77 Å². The number of halogens is 1. The van der Waals surface area contributed by atoms with Crippen molar-refractivity contribution in [2.24, 2.45) is 0 Å². The number of carbonyl (C=O) groups is 1. The highest BCUT2D eigenvalue weighted by molar-refractivity contribution is 14.1. The molecule has 1 aromatic rings. The minimum Gasteiger partial charge on any atom is -0.469 e. The van der Waals surface area contributed by atoms with Gasteiger partial charge < -0.3 is 18.5 Å². The van der Waals surface area contributed by atoms with Gasteiger partial charge in [0, 0.05) is 0 Å². The van der Waals surface area contributed by atoms with E-state index in [0.29, 0.717) is 5.76 Å². The largest absolute Gasteiger partial charge is 0.469 e. The van der Waals surface area contributed by atoms with Crippen LogP contribution in [0, 0.1) is 3.77 Å². The maximum atomic E-state index is 11.7. The van der Waals surface area contributed by atoms with E-state index in [-0.39, 0.29) is 18.2 Å². The highest BCUT2D eigenvalue weighted by atomic mass is 127. The van der Waals surface area contributed by atoms with Crippen molar-refractivity contribution in [2.45, 2.75) is 51.1 Å². The Balaban J connectivity index is 2.27. The first-order valence-electron chi connectivity index (χ1n) is 6.84. The topological polar surface area (TPSA) is 57.9 Å². The first kappa shape index (κ1) is 16.8. The smallest absolute Gasteiger partial charge is 0.469 e. The van der Waals surface area contributed by atoms with Gasteiger partial charge in [-0.25, -0.2) is 0 Å². The van der Waals surface area contributed by atoms with Crippen LogP contribution in [0.1, 0.15) is 45.7 Å². The van der Waals surface area contributed by atoms with Crippen molar-refractivity contribution in [3.05, 3.63) is 21.7 Å². The molecule has 1 saturated heterocycles. The Morgan fingerprint density at radius 3 is 2.29 bits per heavy atom. The van der Waals surface area contributed by atoms with Gasteiger partial charge in [0.15, 0.2) is 3.77 Å². The molecule has 21 heavy (non-hydrogen) atoms. The predicted molar refractivity (Wildman–Crippen MR) is 86.9 cm³/mol. The number of hydrogen-bond acceptors (Lipinski definition) is 5. The molecule has 1 aliphatic rings. The van der Waals surface area contributed by atoms with E-state index in [1.54, 1.807) is 0 Å². The molecule has 1 aliphatic heterocycles. The molecule has 1 aromatic heterocycles. The van der Waals surface area contributed by atoms with Crippen LogP contribution < -0.4 is 0 Å². The van der Waals surface area contributed by atoms with E-state index in [2.05, 4.69) is 22.6 Å². The van der Waals surface area contributed by atoms with Gasteiger partial charge >= 0.3 is 13.1 Å². The molecular weight excluding hydrogens is 386 g/mol. The number of ether oxygens (including phenoxy) is 1. The maximum absolute atomic E-state index is 11.7. The van der Waals surface area contributed by atoms with Gasteiger partial charge in [0.25, 0.3) is 0 Å². The van der Waals surface area contributed by atoms with Crippen LogP contribution in [-0.2, 0) is 18.8 Å². The zero-order valence-electron chi connectivity index (χ0n) is 12.9. The van der Waals surface area contributed by atoms with E-state index in [4.69, 9.17) is 18.5 Å². The fraction of sp³-hybridized carbons (Fsp3) is 0.643. The SMILES string of the molecule is COC(=O)CC(B1OC(C)(C)C(C)(C)O1)c1ccc(I)o1. The van der Waals surface area contributed by atoms with Crippen molar-refractivity contribution in [3.8, 4) is 0 Å². The Labute approximate surface area is 139 Å². The average molecular weight is 406 g/mol. The summed E-state index contributed by atoms with van der Waals surface area (Å²) < 4.78 is 23.3. The van der Waals surface area contributed by atoms with Gasteiger partial charge in [-0.1, -0.05) is 0 Å². The second-order valence-electron chi connectivity index (χ2n) is 6.15. The van der Waals surface area contributed by atoms with E-state index < -0.39 is 18.3 Å². The Bertz CT molecular complexity index is 509. The van der Waals surface area contributed by atoms with Gasteiger partial charge in [-0.3, -0.25) is 4.79 Å². The number of furan rings is 1. The zero-order chi connectivity index (χ0) is 15.8. The Morgan fingerprint density at radius 2 is 1.86 bits per heavy atom. The maximum Gasteiger partial charge on any atom is 0.469 e. The second-order valence-corrected chi connectivity index (χ2v) is 7.22. The number of esters is 1. The molecule has 0 aromatic carbocycles. The van der Waals surface area contributed by atoms with Gasteiger partial charge in [-0.2, -0.15) is 0 Å². The minimum atomic E-state index is -0.545. The lowest BCUT2D eigenvalue weighted by Gasteiger charge is -2.32. The summed E-state index contributed by atoms with van der Waals surface area (Å²) in [6, 6.07) is 3.70. The standard InChI is InChI=1S/C14H20BIO5/c1-13(2)14(3,4)21-15(20-13)9(8-12(17)18-5)10-6-7-11(16)19-10/h6-7,9H,8H2,1-5H3. The predicted octanol–water partition coefficient (Wildman–Crippen LogP) is 3.16. The molecule has 0 amide bonds. The first-order valence-corrected chi connectivity index (χ1v) is 7.92. The highest BCUT2D eigenvalue weighted by Gasteiger charge is 2.55. The summed E-state index contributed by atoms with van der Waals surface area (Å²) in [4.78, 5) is 11.7. The Hall–Kier alpha value is -0.535. The number of carbonyl (C=O) groups excluding carboxylic acids is 1. The van der Waals surface area contributed by atoms with E-state index in [1.807, 2.05) is 39.8 Å². The van der Waals surface area contributed by atoms with Crippen LogP contribution in [0.5, 0.6) is 0 Å². The first-order chi connectivity index (χ1) is 9.66. The number of methoxy groups -OCH3 is 1. The van der Waals surface area contributed by atoms with Crippen LogP contribution >= 0.6 is 22.6 Å². The Kier molecular flexibility index (Phi) is 4.75. The third-order valence-electron chi connectivity index (χ3n) is 4.17. The fourth-order valence-electron chi connectivity index (χ4n) is 2.17. The van der Waals surface area contributed by atoms with Gasteiger partial charge in [0.1, 0.15) is 5.76 Å². The number of hydrogen-bond donors (Lipinski definition) is 0. The molecule has 0 saturated carbocycles. The van der Waals surface area contributed by atoms with Crippen LogP contribution in [0.15, 0.2) is 16.5 Å². The summed E-state index contributed by atoms with van der Waals surface area (Å²) in [5.41, 5.74) is -0.905. The van der Waals surface area contributed by atoms with Crippen molar-refractivity contribution >= 4 is 35.7 Å².